The average molecular weight is 233 g/mol. The fourth-order valence-corrected chi connectivity index (χ4v) is 1.94. The summed E-state index contributed by atoms with van der Waals surface area (Å²) in [5.74, 6) is -0.430. The number of halogens is 1. The van der Waals surface area contributed by atoms with Crippen LogP contribution in [0.15, 0.2) is 47.1 Å². The minimum atomic E-state index is -0.430. The van der Waals surface area contributed by atoms with Gasteiger partial charge in [0.2, 0.25) is 0 Å². The molecule has 4 heteroatoms. The largest absolute Gasteiger partial charge is 0.366 e. The van der Waals surface area contributed by atoms with Gasteiger partial charge in [-0.15, -0.1) is 12.4 Å². The summed E-state index contributed by atoms with van der Waals surface area (Å²) >= 11 is 0. The molecule has 0 unspecified atom stereocenters. The second kappa shape index (κ2) is 3.61. The van der Waals surface area contributed by atoms with Crippen molar-refractivity contribution in [3.05, 3.63) is 58.3 Å². The molecule has 0 bridgehead atoms. The van der Waals surface area contributed by atoms with E-state index in [4.69, 9.17) is 5.73 Å². The zero-order valence-corrected chi connectivity index (χ0v) is 9.12. The number of hydrogen-bond donors (Lipinski definition) is 1. The number of nitrogens with two attached hydrogens (primary N) is 1. The van der Waals surface area contributed by atoms with Crippen molar-refractivity contribution in [1.29, 1.82) is 0 Å². The Bertz CT molecular complexity index is 656. The SMILES string of the molecule is Cl.NC(=O)c1cccc2c1=NC1=CC=CC=21. The Morgan fingerprint density at radius 2 is 2.12 bits per heavy atom. The van der Waals surface area contributed by atoms with Gasteiger partial charge >= 0.3 is 0 Å². The van der Waals surface area contributed by atoms with Gasteiger partial charge in [-0.1, -0.05) is 24.3 Å². The molecule has 80 valence electrons. The van der Waals surface area contributed by atoms with Gasteiger partial charge in [0.15, 0.2) is 0 Å². The van der Waals surface area contributed by atoms with Crippen LogP contribution in [0.3, 0.4) is 0 Å². The molecule has 1 aliphatic carbocycles. The number of para-hydroxylation sites is 1. The first-order chi connectivity index (χ1) is 7.27. The number of amides is 1. The second-order valence-corrected chi connectivity index (χ2v) is 3.50. The molecule has 0 aromatic heterocycles. The van der Waals surface area contributed by atoms with Crippen LogP contribution in [0.25, 0.3) is 5.57 Å². The van der Waals surface area contributed by atoms with E-state index >= 15 is 0 Å². The summed E-state index contributed by atoms with van der Waals surface area (Å²) in [7, 11) is 0. The Balaban J connectivity index is 0.000000963. The molecule has 0 atom stereocenters. The maximum atomic E-state index is 11.2. The number of hydrogen-bond acceptors (Lipinski definition) is 2. The molecular formula is C12H9ClN2O. The number of carbonyl (C=O) groups excluding carboxylic acids is 1. The van der Waals surface area contributed by atoms with Crippen molar-refractivity contribution in [1.82, 2.24) is 0 Å². The molecule has 0 saturated carbocycles. The van der Waals surface area contributed by atoms with E-state index < -0.39 is 5.91 Å². The van der Waals surface area contributed by atoms with Crippen LogP contribution in [0.2, 0.25) is 0 Å². The number of benzene rings is 1. The fourth-order valence-electron chi connectivity index (χ4n) is 1.94. The maximum absolute atomic E-state index is 11.2. The highest BCUT2D eigenvalue weighted by molar-refractivity contribution is 5.93. The van der Waals surface area contributed by atoms with Crippen LogP contribution in [0, 0.1) is 0 Å². The van der Waals surface area contributed by atoms with Crippen molar-refractivity contribution in [3.63, 3.8) is 0 Å². The van der Waals surface area contributed by atoms with E-state index in [2.05, 4.69) is 4.99 Å². The van der Waals surface area contributed by atoms with Crippen molar-refractivity contribution in [2.45, 2.75) is 0 Å². The van der Waals surface area contributed by atoms with Gasteiger partial charge in [0.25, 0.3) is 5.91 Å². The smallest absolute Gasteiger partial charge is 0.250 e. The van der Waals surface area contributed by atoms with E-state index in [9.17, 15) is 4.79 Å². The maximum Gasteiger partial charge on any atom is 0.250 e. The van der Waals surface area contributed by atoms with Crippen LogP contribution in [-0.2, 0) is 0 Å². The fraction of sp³-hybridized carbons (Fsp3) is 0. The highest BCUT2D eigenvalue weighted by atomic mass is 35.5. The van der Waals surface area contributed by atoms with Gasteiger partial charge in [0.05, 0.1) is 16.6 Å². The number of allylic oxidation sites excluding steroid dienone is 3. The second-order valence-electron chi connectivity index (χ2n) is 3.50. The highest BCUT2D eigenvalue weighted by Crippen LogP contribution is 2.20. The van der Waals surface area contributed by atoms with Crippen LogP contribution in [0.1, 0.15) is 10.4 Å². The summed E-state index contributed by atoms with van der Waals surface area (Å²) in [5, 5.41) is 1.70. The van der Waals surface area contributed by atoms with Crippen LogP contribution in [-0.4, -0.2) is 5.91 Å². The number of primary amides is 1. The molecule has 1 aromatic rings. The van der Waals surface area contributed by atoms with Gasteiger partial charge in [0.1, 0.15) is 0 Å². The first-order valence-corrected chi connectivity index (χ1v) is 4.68. The number of carbonyl (C=O) groups is 1. The predicted molar refractivity (Wildman–Crippen MR) is 63.6 cm³/mol. The molecule has 1 aromatic carbocycles. The van der Waals surface area contributed by atoms with E-state index in [0.717, 1.165) is 16.5 Å². The lowest BCUT2D eigenvalue weighted by molar-refractivity contribution is 0.0999. The third-order valence-corrected chi connectivity index (χ3v) is 2.62. The molecule has 0 fully saturated rings. The summed E-state index contributed by atoms with van der Waals surface area (Å²) in [6.07, 6.45) is 5.88. The molecular weight excluding hydrogens is 224 g/mol. The Labute approximate surface area is 98.1 Å². The van der Waals surface area contributed by atoms with Crippen LogP contribution in [0.4, 0.5) is 0 Å². The Kier molecular flexibility index (Phi) is 2.40. The van der Waals surface area contributed by atoms with Gasteiger partial charge < -0.3 is 5.73 Å². The molecule has 1 heterocycles. The van der Waals surface area contributed by atoms with Crippen molar-refractivity contribution in [3.8, 4) is 0 Å². The van der Waals surface area contributed by atoms with Crippen molar-refractivity contribution >= 4 is 23.9 Å². The van der Waals surface area contributed by atoms with Crippen LogP contribution >= 0.6 is 12.4 Å². The lowest BCUT2D eigenvalue weighted by Gasteiger charge is -1.93. The summed E-state index contributed by atoms with van der Waals surface area (Å²) in [5.41, 5.74) is 7.77. The van der Waals surface area contributed by atoms with E-state index in [-0.39, 0.29) is 12.4 Å². The zero-order chi connectivity index (χ0) is 10.4. The Morgan fingerprint density at radius 1 is 1.31 bits per heavy atom. The Morgan fingerprint density at radius 3 is 2.88 bits per heavy atom. The molecule has 3 rings (SSSR count). The van der Waals surface area contributed by atoms with Crippen molar-refractivity contribution < 1.29 is 4.79 Å². The minimum Gasteiger partial charge on any atom is -0.366 e. The molecule has 3 nitrogen and oxygen atoms in total. The zero-order valence-electron chi connectivity index (χ0n) is 8.31. The lowest BCUT2D eigenvalue weighted by Crippen LogP contribution is -2.31. The molecule has 2 aliphatic rings. The number of rotatable bonds is 1. The highest BCUT2D eigenvalue weighted by Gasteiger charge is 2.16. The first-order valence-electron chi connectivity index (χ1n) is 4.68. The normalized spacial score (nSPS) is 14.8. The monoisotopic (exact) mass is 232 g/mol. The quantitative estimate of drug-likeness (QED) is 0.751. The van der Waals surface area contributed by atoms with Crippen LogP contribution < -0.4 is 16.3 Å². The van der Waals surface area contributed by atoms with Gasteiger partial charge in [-0.2, -0.15) is 0 Å². The molecule has 0 spiro atoms. The Hall–Kier alpha value is -1.87. The summed E-state index contributed by atoms with van der Waals surface area (Å²) in [6, 6.07) is 5.49. The number of nitrogens with zero attached hydrogens (tertiary/aromatic N) is 1. The minimum absolute atomic E-state index is 0. The molecule has 16 heavy (non-hydrogen) atoms. The van der Waals surface area contributed by atoms with E-state index in [1.807, 2.05) is 30.4 Å². The summed E-state index contributed by atoms with van der Waals surface area (Å²) in [6.45, 7) is 0. The summed E-state index contributed by atoms with van der Waals surface area (Å²) < 4.78 is 0. The molecule has 1 amide bonds. The van der Waals surface area contributed by atoms with Gasteiger partial charge in [-0.05, 0) is 12.1 Å². The average Bonchev–Trinajstić information content (AvgIpc) is 2.75. The van der Waals surface area contributed by atoms with E-state index in [1.165, 1.54) is 0 Å². The first kappa shape index (κ1) is 10.6. The molecule has 0 radical (unpaired) electrons. The molecule has 1 aliphatic heterocycles. The lowest BCUT2D eigenvalue weighted by atomic mass is 10.1. The third kappa shape index (κ3) is 1.29. The standard InChI is InChI=1S/C12H8N2O.ClH/c13-12(15)9-5-1-4-8-7-3-2-6-10(7)14-11(8)9;/h1-6H,(H2,13,15);1H. The third-order valence-electron chi connectivity index (χ3n) is 2.62. The van der Waals surface area contributed by atoms with Crippen molar-refractivity contribution in [2.24, 2.45) is 10.7 Å². The van der Waals surface area contributed by atoms with Gasteiger partial charge in [-0.25, -0.2) is 4.99 Å². The predicted octanol–water partition coefficient (Wildman–Crippen LogP) is 0.445. The molecule has 2 N–H and O–H groups in total. The summed E-state index contributed by atoms with van der Waals surface area (Å²) in [4.78, 5) is 15.6. The topological polar surface area (TPSA) is 55.5 Å². The molecule has 0 saturated heterocycles. The van der Waals surface area contributed by atoms with Crippen LogP contribution in [0.5, 0.6) is 0 Å². The van der Waals surface area contributed by atoms with Crippen molar-refractivity contribution in [2.75, 3.05) is 0 Å². The van der Waals surface area contributed by atoms with E-state index in [0.29, 0.717) is 10.9 Å². The number of fused-ring (bicyclic) bond motifs is 2. The van der Waals surface area contributed by atoms with Gasteiger partial charge in [0, 0.05) is 10.8 Å². The van der Waals surface area contributed by atoms with E-state index in [1.54, 1.807) is 6.07 Å². The van der Waals surface area contributed by atoms with Gasteiger partial charge in [-0.3, -0.25) is 4.79 Å².